The van der Waals surface area contributed by atoms with Crippen LogP contribution in [0, 0.1) is 12.7 Å². The predicted molar refractivity (Wildman–Crippen MR) is 120 cm³/mol. The van der Waals surface area contributed by atoms with Crippen molar-refractivity contribution < 1.29 is 33.0 Å². The van der Waals surface area contributed by atoms with E-state index in [-0.39, 0.29) is 27.6 Å². The number of primary amides is 1. The molecule has 33 heavy (non-hydrogen) atoms. The lowest BCUT2D eigenvalue weighted by Crippen LogP contribution is -2.37. The van der Waals surface area contributed by atoms with Crippen LogP contribution in [0.3, 0.4) is 0 Å². The molecule has 2 amide bonds. The molecular weight excluding hydrogens is 451 g/mol. The molecule has 1 fully saturated rings. The van der Waals surface area contributed by atoms with Gasteiger partial charge in [-0.25, -0.2) is 9.18 Å². The number of thiophene rings is 1. The Kier molecular flexibility index (Phi) is 7.47. The molecule has 0 aliphatic heterocycles. The van der Waals surface area contributed by atoms with Crippen LogP contribution in [0.2, 0.25) is 0 Å². The van der Waals surface area contributed by atoms with Gasteiger partial charge in [0.1, 0.15) is 10.8 Å². The van der Waals surface area contributed by atoms with Crippen LogP contribution in [0.5, 0.6) is 0 Å². The van der Waals surface area contributed by atoms with Gasteiger partial charge >= 0.3 is 11.9 Å². The third-order valence-electron chi connectivity index (χ3n) is 5.67. The SMILES string of the molecule is CCOC(=O)c1c(NC(=O)COC(=O)C2(c3ccccc3F)CCCC2)sc(C(N)=O)c1C. The van der Waals surface area contributed by atoms with Crippen molar-refractivity contribution in [1.29, 1.82) is 0 Å². The molecular formula is C23H25FN2O6S. The lowest BCUT2D eigenvalue weighted by molar-refractivity contribution is -0.153. The molecule has 0 atom stereocenters. The van der Waals surface area contributed by atoms with E-state index in [0.29, 0.717) is 18.4 Å². The van der Waals surface area contributed by atoms with Crippen LogP contribution in [-0.2, 0) is 24.5 Å². The zero-order chi connectivity index (χ0) is 24.2. The molecule has 2 aromatic rings. The number of hydrogen-bond acceptors (Lipinski definition) is 7. The lowest BCUT2D eigenvalue weighted by Gasteiger charge is -2.27. The number of esters is 2. The van der Waals surface area contributed by atoms with Crippen LogP contribution < -0.4 is 11.1 Å². The summed E-state index contributed by atoms with van der Waals surface area (Å²) in [6.45, 7) is 2.61. The smallest absolute Gasteiger partial charge is 0.341 e. The van der Waals surface area contributed by atoms with E-state index in [1.807, 2.05) is 0 Å². The maximum Gasteiger partial charge on any atom is 0.341 e. The first-order chi connectivity index (χ1) is 15.7. The quantitative estimate of drug-likeness (QED) is 0.562. The summed E-state index contributed by atoms with van der Waals surface area (Å²) in [5.74, 6) is -3.34. The van der Waals surface area contributed by atoms with E-state index in [0.717, 1.165) is 24.2 Å². The molecule has 1 aliphatic rings. The molecule has 1 saturated carbocycles. The second-order valence-corrected chi connectivity index (χ2v) is 8.76. The predicted octanol–water partition coefficient (Wildman–Crippen LogP) is 3.46. The lowest BCUT2D eigenvalue weighted by atomic mass is 9.78. The van der Waals surface area contributed by atoms with Gasteiger partial charge in [-0.2, -0.15) is 0 Å². The molecule has 10 heteroatoms. The zero-order valence-electron chi connectivity index (χ0n) is 18.4. The number of carbonyl (C=O) groups excluding carboxylic acids is 4. The number of halogens is 1. The molecule has 1 heterocycles. The summed E-state index contributed by atoms with van der Waals surface area (Å²) in [5.41, 5.74) is 4.80. The van der Waals surface area contributed by atoms with Gasteiger partial charge < -0.3 is 20.5 Å². The third kappa shape index (κ3) is 4.90. The van der Waals surface area contributed by atoms with Gasteiger partial charge in [0, 0.05) is 5.56 Å². The first-order valence-corrected chi connectivity index (χ1v) is 11.3. The monoisotopic (exact) mass is 476 g/mol. The van der Waals surface area contributed by atoms with Crippen LogP contribution in [0.15, 0.2) is 24.3 Å². The van der Waals surface area contributed by atoms with Gasteiger partial charge in [0.05, 0.1) is 22.5 Å². The van der Waals surface area contributed by atoms with Crippen LogP contribution in [0.4, 0.5) is 9.39 Å². The molecule has 0 unspecified atom stereocenters. The van der Waals surface area contributed by atoms with Gasteiger partial charge in [0.2, 0.25) is 0 Å². The van der Waals surface area contributed by atoms with Gasteiger partial charge in [-0.15, -0.1) is 11.3 Å². The molecule has 0 spiro atoms. The van der Waals surface area contributed by atoms with E-state index in [4.69, 9.17) is 15.2 Å². The summed E-state index contributed by atoms with van der Waals surface area (Å²) in [4.78, 5) is 49.6. The molecule has 0 saturated heterocycles. The van der Waals surface area contributed by atoms with Crippen molar-refractivity contribution >= 4 is 40.1 Å². The van der Waals surface area contributed by atoms with Crippen LogP contribution >= 0.6 is 11.3 Å². The molecule has 1 aromatic carbocycles. The number of nitrogens with two attached hydrogens (primary N) is 1. The van der Waals surface area contributed by atoms with Crippen LogP contribution in [0.1, 0.15) is 63.8 Å². The minimum atomic E-state index is -1.14. The molecule has 3 N–H and O–H groups in total. The Morgan fingerprint density at radius 3 is 2.42 bits per heavy atom. The summed E-state index contributed by atoms with van der Waals surface area (Å²) in [5, 5.41) is 2.57. The maximum absolute atomic E-state index is 14.5. The Morgan fingerprint density at radius 1 is 1.15 bits per heavy atom. The van der Waals surface area contributed by atoms with Crippen molar-refractivity contribution in [3.63, 3.8) is 0 Å². The highest BCUT2D eigenvalue weighted by atomic mass is 32.1. The zero-order valence-corrected chi connectivity index (χ0v) is 19.2. The van der Waals surface area contributed by atoms with Crippen molar-refractivity contribution in [3.8, 4) is 0 Å². The van der Waals surface area contributed by atoms with Gasteiger partial charge in [0.15, 0.2) is 6.61 Å². The van der Waals surface area contributed by atoms with E-state index >= 15 is 0 Å². The first-order valence-electron chi connectivity index (χ1n) is 10.5. The Bertz CT molecular complexity index is 1090. The van der Waals surface area contributed by atoms with Crippen LogP contribution in [-0.4, -0.2) is 37.0 Å². The Labute approximate surface area is 194 Å². The first kappa shape index (κ1) is 24.4. The highest BCUT2D eigenvalue weighted by Gasteiger charge is 2.46. The summed E-state index contributed by atoms with van der Waals surface area (Å²) >= 11 is 0.837. The van der Waals surface area contributed by atoms with Gasteiger partial charge in [0.25, 0.3) is 11.8 Å². The van der Waals surface area contributed by atoms with E-state index in [1.165, 1.54) is 13.0 Å². The number of benzene rings is 1. The minimum Gasteiger partial charge on any atom is -0.462 e. The highest BCUT2D eigenvalue weighted by Crippen LogP contribution is 2.43. The second kappa shape index (κ2) is 10.1. The maximum atomic E-state index is 14.5. The largest absolute Gasteiger partial charge is 0.462 e. The van der Waals surface area contributed by atoms with Crippen molar-refractivity contribution in [1.82, 2.24) is 0 Å². The number of amides is 2. The number of ether oxygens (including phenoxy) is 2. The van der Waals surface area contributed by atoms with E-state index < -0.39 is 41.6 Å². The highest BCUT2D eigenvalue weighted by molar-refractivity contribution is 7.18. The van der Waals surface area contributed by atoms with Crippen LogP contribution in [0.25, 0.3) is 0 Å². The number of nitrogens with one attached hydrogen (secondary N) is 1. The average molecular weight is 477 g/mol. The minimum absolute atomic E-state index is 0.0222. The molecule has 0 radical (unpaired) electrons. The fraction of sp³-hybridized carbons (Fsp3) is 0.391. The molecule has 8 nitrogen and oxygen atoms in total. The molecule has 176 valence electrons. The summed E-state index contributed by atoms with van der Waals surface area (Å²) in [6.07, 6.45) is 2.33. The van der Waals surface area contributed by atoms with Crippen molar-refractivity contribution in [2.24, 2.45) is 5.73 Å². The molecule has 0 bridgehead atoms. The Morgan fingerprint density at radius 2 is 1.82 bits per heavy atom. The van der Waals surface area contributed by atoms with E-state index in [2.05, 4.69) is 5.32 Å². The number of hydrogen-bond donors (Lipinski definition) is 2. The van der Waals surface area contributed by atoms with Gasteiger partial charge in [-0.05, 0) is 38.3 Å². The Balaban J connectivity index is 1.76. The van der Waals surface area contributed by atoms with Gasteiger partial charge in [-0.3, -0.25) is 14.4 Å². The normalized spacial score (nSPS) is 14.5. The second-order valence-electron chi connectivity index (χ2n) is 7.74. The summed E-state index contributed by atoms with van der Waals surface area (Å²) in [7, 11) is 0. The standard InChI is InChI=1S/C23H25FN2O6S/c1-3-31-21(29)17-13(2)18(19(25)28)33-20(17)26-16(27)12-32-22(30)23(10-6-7-11-23)14-8-4-5-9-15(14)24/h4-5,8-9H,3,6-7,10-12H2,1-2H3,(H2,25,28)(H,26,27). The fourth-order valence-electron chi connectivity index (χ4n) is 4.13. The summed E-state index contributed by atoms with van der Waals surface area (Å²) in [6, 6.07) is 6.06. The topological polar surface area (TPSA) is 125 Å². The fourth-order valence-corrected chi connectivity index (χ4v) is 5.19. The Hall–Kier alpha value is -3.27. The third-order valence-corrected chi connectivity index (χ3v) is 6.90. The van der Waals surface area contributed by atoms with E-state index in [1.54, 1.807) is 25.1 Å². The van der Waals surface area contributed by atoms with Gasteiger partial charge in [-0.1, -0.05) is 31.0 Å². The van der Waals surface area contributed by atoms with E-state index in [9.17, 15) is 23.6 Å². The number of carbonyl (C=O) groups is 4. The van der Waals surface area contributed by atoms with Crippen molar-refractivity contribution in [2.75, 3.05) is 18.5 Å². The number of rotatable bonds is 8. The van der Waals surface area contributed by atoms with Crippen molar-refractivity contribution in [2.45, 2.75) is 44.9 Å². The average Bonchev–Trinajstić information content (AvgIpc) is 3.38. The summed E-state index contributed by atoms with van der Waals surface area (Å²) < 4.78 is 24.7. The molecule has 3 rings (SSSR count). The molecule has 1 aromatic heterocycles. The van der Waals surface area contributed by atoms with Crippen molar-refractivity contribution in [3.05, 3.63) is 51.7 Å². The molecule has 1 aliphatic carbocycles. The number of anilines is 1.